The largest absolute Gasteiger partial charge is 0.454 e. The summed E-state index contributed by atoms with van der Waals surface area (Å²) in [4.78, 5) is 24.8. The first-order chi connectivity index (χ1) is 13.1. The third-order valence-electron chi connectivity index (χ3n) is 4.83. The molecule has 1 fully saturated rings. The summed E-state index contributed by atoms with van der Waals surface area (Å²) in [7, 11) is 0. The van der Waals surface area contributed by atoms with Gasteiger partial charge in [0.25, 0.3) is 5.91 Å². The Hall–Kier alpha value is -2.73. The molecule has 27 heavy (non-hydrogen) atoms. The molecule has 2 aromatic rings. The Bertz CT molecular complexity index is 894. The number of carbonyl (C=O) groups excluding carboxylic acids is 2. The number of hydrogen-bond donors (Lipinski definition) is 3. The molecule has 0 radical (unpaired) electrons. The summed E-state index contributed by atoms with van der Waals surface area (Å²) in [5.41, 5.74) is 1.39. The average Bonchev–Trinajstić information content (AvgIpc) is 2.78. The van der Waals surface area contributed by atoms with Gasteiger partial charge in [-0.25, -0.2) is 4.79 Å². The summed E-state index contributed by atoms with van der Waals surface area (Å²) < 4.78 is 5.84. The van der Waals surface area contributed by atoms with Crippen molar-refractivity contribution in [3.63, 3.8) is 0 Å². The van der Waals surface area contributed by atoms with Crippen molar-refractivity contribution >= 4 is 34.9 Å². The van der Waals surface area contributed by atoms with Crippen molar-refractivity contribution in [1.82, 2.24) is 5.32 Å². The van der Waals surface area contributed by atoms with E-state index in [0.717, 1.165) is 25.7 Å². The number of urea groups is 1. The zero-order chi connectivity index (χ0) is 18.8. The molecule has 2 aliphatic rings. The molecule has 3 N–H and O–H groups in total. The molecule has 4 rings (SSSR count). The topological polar surface area (TPSA) is 79.5 Å². The van der Waals surface area contributed by atoms with Crippen LogP contribution in [0, 0.1) is 0 Å². The number of benzene rings is 2. The second-order valence-electron chi connectivity index (χ2n) is 6.84. The van der Waals surface area contributed by atoms with Crippen LogP contribution in [0.15, 0.2) is 36.4 Å². The second kappa shape index (κ2) is 7.48. The lowest BCUT2D eigenvalue weighted by atomic mass is 9.96. The summed E-state index contributed by atoms with van der Waals surface area (Å²) in [5, 5.41) is 9.09. The van der Waals surface area contributed by atoms with Crippen LogP contribution in [-0.4, -0.2) is 18.0 Å². The molecule has 140 valence electrons. The van der Waals surface area contributed by atoms with Crippen molar-refractivity contribution in [3.05, 3.63) is 47.0 Å². The van der Waals surface area contributed by atoms with E-state index in [2.05, 4.69) is 16.0 Å². The summed E-state index contributed by atoms with van der Waals surface area (Å²) in [6.45, 7) is 0. The molecule has 0 atom stereocenters. The van der Waals surface area contributed by atoms with Gasteiger partial charge in [-0.2, -0.15) is 0 Å². The van der Waals surface area contributed by atoms with E-state index in [4.69, 9.17) is 16.3 Å². The van der Waals surface area contributed by atoms with Crippen LogP contribution in [0.25, 0.3) is 0 Å². The lowest BCUT2D eigenvalue weighted by Crippen LogP contribution is -2.39. The highest BCUT2D eigenvalue weighted by molar-refractivity contribution is 6.31. The minimum absolute atomic E-state index is 0.213. The zero-order valence-electron chi connectivity index (χ0n) is 14.7. The highest BCUT2D eigenvalue weighted by Crippen LogP contribution is 2.37. The Morgan fingerprint density at radius 3 is 2.67 bits per heavy atom. The maximum atomic E-state index is 12.6. The first kappa shape index (κ1) is 17.7. The predicted octanol–water partition coefficient (Wildman–Crippen LogP) is 5.15. The lowest BCUT2D eigenvalue weighted by Gasteiger charge is -2.23. The predicted molar refractivity (Wildman–Crippen MR) is 105 cm³/mol. The van der Waals surface area contributed by atoms with Gasteiger partial charge in [-0.1, -0.05) is 30.9 Å². The van der Waals surface area contributed by atoms with Crippen molar-refractivity contribution in [3.8, 4) is 11.5 Å². The van der Waals surface area contributed by atoms with E-state index in [-0.39, 0.29) is 18.0 Å². The van der Waals surface area contributed by atoms with Crippen molar-refractivity contribution in [2.45, 2.75) is 38.1 Å². The number of rotatable bonds is 2. The third-order valence-corrected chi connectivity index (χ3v) is 5.07. The van der Waals surface area contributed by atoms with Crippen LogP contribution < -0.4 is 20.7 Å². The highest BCUT2D eigenvalue weighted by atomic mass is 35.5. The zero-order valence-corrected chi connectivity index (χ0v) is 15.4. The Morgan fingerprint density at radius 2 is 1.85 bits per heavy atom. The van der Waals surface area contributed by atoms with Crippen molar-refractivity contribution in [2.75, 3.05) is 10.6 Å². The first-order valence-corrected chi connectivity index (χ1v) is 9.46. The molecule has 0 unspecified atom stereocenters. The molecule has 1 aliphatic heterocycles. The molecule has 0 saturated heterocycles. The van der Waals surface area contributed by atoms with E-state index in [9.17, 15) is 9.59 Å². The SMILES string of the molecule is O=C(Nc1ccc2c(c1)C(=O)Nc1cc(Cl)ccc1O2)NC1CCCCC1. The quantitative estimate of drug-likeness (QED) is 0.668. The average molecular weight is 386 g/mol. The fraction of sp³-hybridized carbons (Fsp3) is 0.300. The molecule has 0 aromatic heterocycles. The molecule has 3 amide bonds. The van der Waals surface area contributed by atoms with Crippen molar-refractivity contribution in [1.29, 1.82) is 0 Å². The van der Waals surface area contributed by atoms with Crippen LogP contribution >= 0.6 is 11.6 Å². The molecule has 7 heteroatoms. The number of fused-ring (bicyclic) bond motifs is 2. The number of amides is 3. The van der Waals surface area contributed by atoms with Crippen LogP contribution in [0.1, 0.15) is 42.5 Å². The molecule has 2 aromatic carbocycles. The first-order valence-electron chi connectivity index (χ1n) is 9.09. The van der Waals surface area contributed by atoms with Gasteiger partial charge in [0.15, 0.2) is 5.75 Å². The number of hydrogen-bond acceptors (Lipinski definition) is 3. The van der Waals surface area contributed by atoms with Crippen molar-refractivity contribution < 1.29 is 14.3 Å². The van der Waals surface area contributed by atoms with Gasteiger partial charge in [-0.15, -0.1) is 0 Å². The molecule has 6 nitrogen and oxygen atoms in total. The minimum atomic E-state index is -0.317. The number of anilines is 2. The fourth-order valence-corrected chi connectivity index (χ4v) is 3.64. The maximum Gasteiger partial charge on any atom is 0.319 e. The minimum Gasteiger partial charge on any atom is -0.454 e. The summed E-state index contributed by atoms with van der Waals surface area (Å²) >= 11 is 5.99. The van der Waals surface area contributed by atoms with E-state index >= 15 is 0 Å². The van der Waals surface area contributed by atoms with Gasteiger partial charge in [-0.05, 0) is 49.2 Å². The molecule has 1 aliphatic carbocycles. The molecular weight excluding hydrogens is 366 g/mol. The number of halogens is 1. The number of carbonyl (C=O) groups is 2. The van der Waals surface area contributed by atoms with Gasteiger partial charge in [0, 0.05) is 16.8 Å². The molecule has 0 spiro atoms. The lowest BCUT2D eigenvalue weighted by molar-refractivity contribution is 0.102. The van der Waals surface area contributed by atoms with Crippen LogP contribution in [0.2, 0.25) is 5.02 Å². The Balaban J connectivity index is 1.50. The monoisotopic (exact) mass is 385 g/mol. The van der Waals surface area contributed by atoms with Gasteiger partial charge in [0.05, 0.1) is 11.3 Å². The Labute approximate surface area is 162 Å². The van der Waals surface area contributed by atoms with Crippen LogP contribution in [-0.2, 0) is 0 Å². The van der Waals surface area contributed by atoms with Gasteiger partial charge in [0.2, 0.25) is 0 Å². The summed E-state index contributed by atoms with van der Waals surface area (Å²) in [6.07, 6.45) is 5.54. The standard InChI is InChI=1S/C20H20ClN3O3/c21-12-6-8-18-16(10-12)24-19(25)15-11-14(7-9-17(15)27-18)23-20(26)22-13-4-2-1-3-5-13/h6-11,13H,1-5H2,(H,24,25)(H2,22,23,26). The Kier molecular flexibility index (Phi) is 4.90. The van der Waals surface area contributed by atoms with Crippen molar-refractivity contribution in [2.24, 2.45) is 0 Å². The van der Waals surface area contributed by atoms with Gasteiger partial charge in [0.1, 0.15) is 5.75 Å². The fourth-order valence-electron chi connectivity index (χ4n) is 3.47. The van der Waals surface area contributed by atoms with Gasteiger partial charge in [-0.3, -0.25) is 4.79 Å². The Morgan fingerprint density at radius 1 is 1.07 bits per heavy atom. The van der Waals surface area contributed by atoms with E-state index in [1.165, 1.54) is 6.42 Å². The van der Waals surface area contributed by atoms with Gasteiger partial charge < -0.3 is 20.7 Å². The van der Waals surface area contributed by atoms with E-state index in [1.807, 2.05) is 0 Å². The molecule has 0 bridgehead atoms. The van der Waals surface area contributed by atoms with Gasteiger partial charge >= 0.3 is 6.03 Å². The van der Waals surface area contributed by atoms with E-state index < -0.39 is 0 Å². The number of nitrogens with one attached hydrogen (secondary N) is 3. The summed E-state index contributed by atoms with van der Waals surface area (Å²) in [5.74, 6) is 0.622. The second-order valence-corrected chi connectivity index (χ2v) is 7.28. The third kappa shape index (κ3) is 4.01. The smallest absolute Gasteiger partial charge is 0.319 e. The molecule has 1 saturated carbocycles. The molecular formula is C20H20ClN3O3. The molecule has 1 heterocycles. The summed E-state index contributed by atoms with van der Waals surface area (Å²) in [6, 6.07) is 10.00. The van der Waals surface area contributed by atoms with E-state index in [0.29, 0.717) is 33.5 Å². The highest BCUT2D eigenvalue weighted by Gasteiger charge is 2.22. The van der Waals surface area contributed by atoms with E-state index in [1.54, 1.807) is 36.4 Å². The van der Waals surface area contributed by atoms with Crippen LogP contribution in [0.5, 0.6) is 11.5 Å². The van der Waals surface area contributed by atoms with Crippen LogP contribution in [0.3, 0.4) is 0 Å². The normalized spacial score (nSPS) is 16.3. The van der Waals surface area contributed by atoms with Crippen LogP contribution in [0.4, 0.5) is 16.2 Å². The maximum absolute atomic E-state index is 12.6. The number of ether oxygens (including phenoxy) is 1.